The van der Waals surface area contributed by atoms with Gasteiger partial charge in [0.25, 0.3) is 0 Å². The standard InChI is InChI=1S/C49H46N2/c1-5-19-41-25-17-29-46(39-21-10-7-11-22-39)48(41)38(3)42-26-18-35-49(4,36-42)51(44-27-13-8-14-28-44)45-33-31-43(32-34-45)50-37(2)20-9-6-12-23-40-24-15-16-30-47(40)50/h5-22,24-34,36-37H,1,23,35H2,2-4H3/b12-6-,20-9-,41-19-,48-38-. The fourth-order valence-electron chi connectivity index (χ4n) is 7.69. The van der Waals surface area contributed by atoms with Gasteiger partial charge in [0, 0.05) is 28.8 Å². The predicted molar refractivity (Wildman–Crippen MR) is 220 cm³/mol. The van der Waals surface area contributed by atoms with Crippen LogP contribution in [-0.2, 0) is 6.42 Å². The Morgan fingerprint density at radius 2 is 1.49 bits per heavy atom. The summed E-state index contributed by atoms with van der Waals surface area (Å²) >= 11 is 0. The summed E-state index contributed by atoms with van der Waals surface area (Å²) in [4.78, 5) is 4.96. The van der Waals surface area contributed by atoms with E-state index in [2.05, 4.69) is 213 Å². The first kappa shape index (κ1) is 33.6. The van der Waals surface area contributed by atoms with Crippen molar-refractivity contribution in [3.8, 4) is 11.1 Å². The van der Waals surface area contributed by atoms with Crippen molar-refractivity contribution in [3.63, 3.8) is 0 Å². The number of anilines is 4. The molecule has 0 bridgehead atoms. The molecule has 0 fully saturated rings. The normalized spacial score (nSPS) is 20.6. The van der Waals surface area contributed by atoms with Crippen molar-refractivity contribution in [2.45, 2.75) is 45.2 Å². The summed E-state index contributed by atoms with van der Waals surface area (Å²) in [6, 6.07) is 46.2. The van der Waals surface area contributed by atoms with E-state index in [0.717, 1.165) is 24.2 Å². The number of benzene rings is 5. The second-order valence-electron chi connectivity index (χ2n) is 13.7. The van der Waals surface area contributed by atoms with E-state index in [1.54, 1.807) is 0 Å². The Morgan fingerprint density at radius 1 is 0.784 bits per heavy atom. The monoisotopic (exact) mass is 662 g/mol. The number of fused-ring (bicyclic) bond motifs is 1. The molecule has 0 N–H and O–H groups in total. The number of allylic oxidation sites excluding steroid dienone is 6. The molecule has 7 rings (SSSR count). The number of hydrogen-bond acceptors (Lipinski definition) is 2. The lowest BCUT2D eigenvalue weighted by Crippen LogP contribution is -2.43. The van der Waals surface area contributed by atoms with E-state index < -0.39 is 0 Å². The molecule has 5 aromatic carbocycles. The molecule has 0 amide bonds. The molecule has 1 aliphatic heterocycles. The van der Waals surface area contributed by atoms with Crippen LogP contribution in [0.4, 0.5) is 22.7 Å². The Balaban J connectivity index is 1.35. The van der Waals surface area contributed by atoms with Crippen molar-refractivity contribution >= 4 is 34.4 Å². The molecular formula is C49H46N2. The maximum atomic E-state index is 4.04. The number of para-hydroxylation sites is 2. The van der Waals surface area contributed by atoms with Gasteiger partial charge in [-0.15, -0.1) is 0 Å². The summed E-state index contributed by atoms with van der Waals surface area (Å²) in [6.07, 6.45) is 21.8. The Bertz CT molecular complexity index is 2250. The highest BCUT2D eigenvalue weighted by Crippen LogP contribution is 2.41. The van der Waals surface area contributed by atoms with Gasteiger partial charge in [0.05, 0.1) is 5.54 Å². The Morgan fingerprint density at radius 3 is 2.25 bits per heavy atom. The zero-order chi connectivity index (χ0) is 35.2. The van der Waals surface area contributed by atoms with Gasteiger partial charge < -0.3 is 9.80 Å². The second-order valence-corrected chi connectivity index (χ2v) is 13.7. The summed E-state index contributed by atoms with van der Waals surface area (Å²) in [7, 11) is 0. The van der Waals surface area contributed by atoms with Crippen LogP contribution in [0.3, 0.4) is 0 Å². The van der Waals surface area contributed by atoms with Gasteiger partial charge in [0.2, 0.25) is 0 Å². The van der Waals surface area contributed by atoms with Crippen LogP contribution in [0.25, 0.3) is 22.8 Å². The minimum absolute atomic E-state index is 0.192. The van der Waals surface area contributed by atoms with Crippen LogP contribution in [0.15, 0.2) is 188 Å². The molecule has 2 aliphatic rings. The first-order valence-corrected chi connectivity index (χ1v) is 18.0. The highest BCUT2D eigenvalue weighted by Gasteiger charge is 2.33. The van der Waals surface area contributed by atoms with Crippen LogP contribution >= 0.6 is 0 Å². The van der Waals surface area contributed by atoms with E-state index >= 15 is 0 Å². The topological polar surface area (TPSA) is 6.48 Å². The zero-order valence-corrected chi connectivity index (χ0v) is 29.9. The van der Waals surface area contributed by atoms with E-state index in [-0.39, 0.29) is 11.6 Å². The molecule has 1 heterocycles. The SMILES string of the molecule is C=C/C=c1/cccc(-c2ccccc2)/c1=C(/C)C1=CC(C)(N(c2ccccc2)c2ccc(N3c4ccccc4C/C=C\C=C/C3C)cc2)CC=C1. The van der Waals surface area contributed by atoms with E-state index in [1.165, 1.54) is 49.6 Å². The van der Waals surface area contributed by atoms with E-state index in [4.69, 9.17) is 0 Å². The van der Waals surface area contributed by atoms with Crippen LogP contribution in [0.2, 0.25) is 0 Å². The lowest BCUT2D eigenvalue weighted by Gasteiger charge is -2.43. The molecule has 51 heavy (non-hydrogen) atoms. The van der Waals surface area contributed by atoms with Crippen molar-refractivity contribution < 1.29 is 0 Å². The molecule has 2 nitrogen and oxygen atoms in total. The van der Waals surface area contributed by atoms with Crippen molar-refractivity contribution in [1.29, 1.82) is 0 Å². The van der Waals surface area contributed by atoms with Crippen LogP contribution in [0, 0.1) is 0 Å². The van der Waals surface area contributed by atoms with Crippen molar-refractivity contribution in [2.75, 3.05) is 9.80 Å². The maximum Gasteiger partial charge on any atom is 0.0648 e. The number of rotatable bonds is 7. The molecule has 0 saturated carbocycles. The summed E-state index contributed by atoms with van der Waals surface area (Å²) < 4.78 is 0. The van der Waals surface area contributed by atoms with Crippen LogP contribution in [0.5, 0.6) is 0 Å². The van der Waals surface area contributed by atoms with Crippen LogP contribution < -0.4 is 20.2 Å². The fourth-order valence-corrected chi connectivity index (χ4v) is 7.69. The van der Waals surface area contributed by atoms with Gasteiger partial charge >= 0.3 is 0 Å². The van der Waals surface area contributed by atoms with Crippen molar-refractivity contribution in [2.24, 2.45) is 0 Å². The minimum atomic E-state index is -0.328. The largest absolute Gasteiger partial charge is 0.335 e. The molecule has 0 aromatic heterocycles. The Hall–Kier alpha value is -5.86. The van der Waals surface area contributed by atoms with Gasteiger partial charge in [-0.2, -0.15) is 0 Å². The van der Waals surface area contributed by atoms with Gasteiger partial charge in [-0.1, -0.05) is 146 Å². The van der Waals surface area contributed by atoms with Gasteiger partial charge in [0.1, 0.15) is 0 Å². The fraction of sp³-hybridized carbons (Fsp3) is 0.143. The summed E-state index contributed by atoms with van der Waals surface area (Å²) in [5.41, 5.74) is 10.7. The first-order valence-electron chi connectivity index (χ1n) is 18.0. The smallest absolute Gasteiger partial charge is 0.0648 e. The average molecular weight is 663 g/mol. The van der Waals surface area contributed by atoms with Gasteiger partial charge in [0.15, 0.2) is 0 Å². The maximum absolute atomic E-state index is 4.04. The summed E-state index contributed by atoms with van der Waals surface area (Å²) in [5.74, 6) is 0. The van der Waals surface area contributed by atoms with Crippen molar-refractivity contribution in [1.82, 2.24) is 0 Å². The molecule has 2 unspecified atom stereocenters. The predicted octanol–water partition coefficient (Wildman–Crippen LogP) is 11.2. The molecule has 0 radical (unpaired) electrons. The molecule has 252 valence electrons. The molecule has 5 aromatic rings. The van der Waals surface area contributed by atoms with E-state index in [0.29, 0.717) is 0 Å². The molecule has 2 heteroatoms. The summed E-state index contributed by atoms with van der Waals surface area (Å²) in [5, 5.41) is 2.41. The zero-order valence-electron chi connectivity index (χ0n) is 29.9. The van der Waals surface area contributed by atoms with Gasteiger partial charge in [-0.3, -0.25) is 0 Å². The Labute approximate surface area is 303 Å². The highest BCUT2D eigenvalue weighted by atomic mass is 15.2. The third-order valence-corrected chi connectivity index (χ3v) is 10.1. The average Bonchev–Trinajstić information content (AvgIpc) is 3.24. The molecule has 0 saturated heterocycles. The molecular weight excluding hydrogens is 617 g/mol. The van der Waals surface area contributed by atoms with E-state index in [9.17, 15) is 0 Å². The van der Waals surface area contributed by atoms with Gasteiger partial charge in [-0.05, 0) is 114 Å². The number of hydrogen-bond donors (Lipinski definition) is 0. The van der Waals surface area contributed by atoms with Crippen LogP contribution in [0.1, 0.15) is 32.8 Å². The Kier molecular flexibility index (Phi) is 9.85. The van der Waals surface area contributed by atoms with Crippen molar-refractivity contribution in [3.05, 3.63) is 204 Å². The molecule has 1 aliphatic carbocycles. The molecule has 2 atom stereocenters. The lowest BCUT2D eigenvalue weighted by atomic mass is 9.84. The van der Waals surface area contributed by atoms with Gasteiger partial charge in [-0.25, -0.2) is 0 Å². The third kappa shape index (κ3) is 6.96. The molecule has 0 spiro atoms. The summed E-state index contributed by atoms with van der Waals surface area (Å²) in [6.45, 7) is 10.9. The van der Waals surface area contributed by atoms with Crippen LogP contribution in [-0.4, -0.2) is 11.6 Å². The number of nitrogens with zero attached hydrogens (tertiary/aromatic N) is 2. The second kappa shape index (κ2) is 14.9. The third-order valence-electron chi connectivity index (χ3n) is 10.1. The minimum Gasteiger partial charge on any atom is -0.335 e. The highest BCUT2D eigenvalue weighted by molar-refractivity contribution is 5.78. The quantitative estimate of drug-likeness (QED) is 0.171. The lowest BCUT2D eigenvalue weighted by molar-refractivity contribution is 0.567. The van der Waals surface area contributed by atoms with E-state index in [1.807, 2.05) is 6.08 Å². The first-order chi connectivity index (χ1) is 25.0.